The van der Waals surface area contributed by atoms with Crippen LogP contribution in [-0.2, 0) is 4.79 Å². The largest absolute Gasteiger partial charge is 0.480 e. The Kier molecular flexibility index (Phi) is 4.86. The summed E-state index contributed by atoms with van der Waals surface area (Å²) in [5.41, 5.74) is 0. The van der Waals surface area contributed by atoms with Crippen LogP contribution in [0.4, 0.5) is 8.78 Å². The van der Waals surface area contributed by atoms with Crippen molar-refractivity contribution in [1.82, 2.24) is 4.90 Å². The van der Waals surface area contributed by atoms with Crippen LogP contribution in [0.25, 0.3) is 0 Å². The van der Waals surface area contributed by atoms with E-state index in [-0.39, 0.29) is 12.3 Å². The fourth-order valence-corrected chi connectivity index (χ4v) is 2.10. The van der Waals surface area contributed by atoms with E-state index in [0.717, 1.165) is 18.9 Å². The number of carboxylic acids is 1. The van der Waals surface area contributed by atoms with Gasteiger partial charge in [-0.25, -0.2) is 0 Å². The Morgan fingerprint density at radius 2 is 2.25 bits per heavy atom. The van der Waals surface area contributed by atoms with Crippen molar-refractivity contribution in [2.45, 2.75) is 32.2 Å². The van der Waals surface area contributed by atoms with Crippen LogP contribution in [0, 0.1) is 5.92 Å². The molecule has 0 spiro atoms. The molecule has 5 heteroatoms. The molecule has 2 unspecified atom stereocenters. The Balaban J connectivity index is 2.60. The molecule has 0 aromatic rings. The van der Waals surface area contributed by atoms with Gasteiger partial charge in [0.1, 0.15) is 6.04 Å². The topological polar surface area (TPSA) is 40.5 Å². The van der Waals surface area contributed by atoms with Crippen LogP contribution in [0.3, 0.4) is 0 Å². The number of aliphatic carboxylic acids is 1. The highest BCUT2D eigenvalue weighted by molar-refractivity contribution is 5.74. The number of hydrogen-bond acceptors (Lipinski definition) is 2. The number of nitrogens with zero attached hydrogens (tertiary/aromatic N) is 1. The SMILES string of the molecule is CCCCN1CC(C=C(F)F)CC1C(=O)O. The third-order valence-electron chi connectivity index (χ3n) is 2.88. The van der Waals surface area contributed by atoms with Crippen molar-refractivity contribution < 1.29 is 18.7 Å². The molecule has 0 bridgehead atoms. The normalized spacial score (nSPS) is 25.7. The minimum atomic E-state index is -1.72. The molecule has 1 rings (SSSR count). The predicted molar refractivity (Wildman–Crippen MR) is 56.3 cm³/mol. The molecular formula is C11H17F2NO2. The zero-order valence-electron chi connectivity index (χ0n) is 9.33. The summed E-state index contributed by atoms with van der Waals surface area (Å²) < 4.78 is 24.2. The highest BCUT2D eigenvalue weighted by Gasteiger charge is 2.35. The molecule has 0 saturated carbocycles. The lowest BCUT2D eigenvalue weighted by Gasteiger charge is -2.20. The van der Waals surface area contributed by atoms with Crippen LogP contribution in [0.5, 0.6) is 0 Å². The van der Waals surface area contributed by atoms with E-state index in [1.54, 1.807) is 4.90 Å². The number of carbonyl (C=O) groups is 1. The van der Waals surface area contributed by atoms with Gasteiger partial charge in [-0.2, -0.15) is 8.78 Å². The summed E-state index contributed by atoms with van der Waals surface area (Å²) in [5, 5.41) is 8.99. The summed E-state index contributed by atoms with van der Waals surface area (Å²) in [6, 6.07) is -0.604. The summed E-state index contributed by atoms with van der Waals surface area (Å²) in [4.78, 5) is 12.7. The van der Waals surface area contributed by atoms with Crippen LogP contribution in [0.1, 0.15) is 26.2 Å². The number of rotatable bonds is 5. The van der Waals surface area contributed by atoms with Gasteiger partial charge in [0.15, 0.2) is 0 Å². The number of carboxylic acid groups (broad SMARTS) is 1. The van der Waals surface area contributed by atoms with E-state index in [9.17, 15) is 13.6 Å². The van der Waals surface area contributed by atoms with Gasteiger partial charge >= 0.3 is 5.97 Å². The second kappa shape index (κ2) is 5.94. The molecule has 1 fully saturated rings. The highest BCUT2D eigenvalue weighted by atomic mass is 19.3. The summed E-state index contributed by atoms with van der Waals surface area (Å²) >= 11 is 0. The van der Waals surface area contributed by atoms with Gasteiger partial charge in [-0.15, -0.1) is 0 Å². The summed E-state index contributed by atoms with van der Waals surface area (Å²) in [7, 11) is 0. The van der Waals surface area contributed by atoms with Gasteiger partial charge < -0.3 is 5.11 Å². The number of likely N-dealkylation sites (tertiary alicyclic amines) is 1. The minimum Gasteiger partial charge on any atom is -0.480 e. The maximum atomic E-state index is 12.1. The second-order valence-electron chi connectivity index (χ2n) is 4.15. The lowest BCUT2D eigenvalue weighted by Crippen LogP contribution is -2.36. The Morgan fingerprint density at radius 1 is 1.56 bits per heavy atom. The molecule has 92 valence electrons. The van der Waals surface area contributed by atoms with Crippen molar-refractivity contribution in [3.8, 4) is 0 Å². The van der Waals surface area contributed by atoms with Gasteiger partial charge in [0.2, 0.25) is 0 Å². The lowest BCUT2D eigenvalue weighted by atomic mass is 10.1. The molecule has 0 aromatic carbocycles. The van der Waals surface area contributed by atoms with Crippen molar-refractivity contribution in [1.29, 1.82) is 0 Å². The molecule has 0 radical (unpaired) electrons. The first-order chi connectivity index (χ1) is 7.54. The Morgan fingerprint density at radius 3 is 2.75 bits per heavy atom. The van der Waals surface area contributed by atoms with Gasteiger partial charge in [0.05, 0.1) is 0 Å². The van der Waals surface area contributed by atoms with E-state index in [2.05, 4.69) is 0 Å². The van der Waals surface area contributed by atoms with E-state index < -0.39 is 18.1 Å². The molecule has 1 heterocycles. The third-order valence-corrected chi connectivity index (χ3v) is 2.88. The molecule has 3 nitrogen and oxygen atoms in total. The molecule has 0 aliphatic carbocycles. The van der Waals surface area contributed by atoms with E-state index in [1.165, 1.54) is 0 Å². The van der Waals surface area contributed by atoms with Gasteiger partial charge in [0, 0.05) is 6.54 Å². The Hall–Kier alpha value is -0.970. The number of halogens is 2. The van der Waals surface area contributed by atoms with Crippen molar-refractivity contribution in [3.63, 3.8) is 0 Å². The van der Waals surface area contributed by atoms with Crippen molar-refractivity contribution in [2.24, 2.45) is 5.92 Å². The summed E-state index contributed by atoms with van der Waals surface area (Å²) in [6.07, 6.45) is 1.32. The van der Waals surface area contributed by atoms with Crippen LogP contribution in [-0.4, -0.2) is 35.1 Å². The van der Waals surface area contributed by atoms with Crippen molar-refractivity contribution >= 4 is 5.97 Å². The first-order valence-electron chi connectivity index (χ1n) is 5.54. The van der Waals surface area contributed by atoms with Crippen LogP contribution in [0.15, 0.2) is 12.2 Å². The maximum absolute atomic E-state index is 12.1. The fourth-order valence-electron chi connectivity index (χ4n) is 2.10. The Labute approximate surface area is 93.7 Å². The zero-order chi connectivity index (χ0) is 12.1. The first kappa shape index (κ1) is 13.1. The quantitative estimate of drug-likeness (QED) is 0.792. The van der Waals surface area contributed by atoms with Crippen molar-refractivity contribution in [3.05, 3.63) is 12.2 Å². The summed E-state index contributed by atoms with van der Waals surface area (Å²) in [6.45, 7) is 3.12. The molecule has 0 amide bonds. The molecule has 1 saturated heterocycles. The van der Waals surface area contributed by atoms with Gasteiger partial charge in [-0.05, 0) is 31.4 Å². The predicted octanol–water partition coefficient (Wildman–Crippen LogP) is 2.34. The van der Waals surface area contributed by atoms with E-state index in [4.69, 9.17) is 5.11 Å². The third kappa shape index (κ3) is 3.56. The second-order valence-corrected chi connectivity index (χ2v) is 4.15. The van der Waals surface area contributed by atoms with E-state index in [1.807, 2.05) is 6.92 Å². The number of hydrogen-bond donors (Lipinski definition) is 1. The lowest BCUT2D eigenvalue weighted by molar-refractivity contribution is -0.142. The smallest absolute Gasteiger partial charge is 0.320 e. The monoisotopic (exact) mass is 233 g/mol. The average Bonchev–Trinajstić information content (AvgIpc) is 2.57. The molecule has 1 aliphatic heterocycles. The van der Waals surface area contributed by atoms with Crippen LogP contribution in [0.2, 0.25) is 0 Å². The molecule has 1 aliphatic rings. The van der Waals surface area contributed by atoms with Crippen LogP contribution >= 0.6 is 0 Å². The first-order valence-corrected chi connectivity index (χ1v) is 5.54. The highest BCUT2D eigenvalue weighted by Crippen LogP contribution is 2.26. The molecule has 0 aromatic heterocycles. The summed E-state index contributed by atoms with van der Waals surface area (Å²) in [5.74, 6) is -1.24. The zero-order valence-corrected chi connectivity index (χ0v) is 9.33. The van der Waals surface area contributed by atoms with Crippen molar-refractivity contribution in [2.75, 3.05) is 13.1 Å². The van der Waals surface area contributed by atoms with Gasteiger partial charge in [0.25, 0.3) is 6.08 Å². The van der Waals surface area contributed by atoms with E-state index in [0.29, 0.717) is 13.1 Å². The van der Waals surface area contributed by atoms with Crippen LogP contribution < -0.4 is 0 Å². The number of unbranched alkanes of at least 4 members (excludes halogenated alkanes) is 1. The van der Waals surface area contributed by atoms with E-state index >= 15 is 0 Å². The minimum absolute atomic E-state index is 0.288. The molecule has 2 atom stereocenters. The molecule has 16 heavy (non-hydrogen) atoms. The average molecular weight is 233 g/mol. The fraction of sp³-hybridized carbons (Fsp3) is 0.727. The van der Waals surface area contributed by atoms with Gasteiger partial charge in [-0.3, -0.25) is 9.69 Å². The molecule has 1 N–H and O–H groups in total. The van der Waals surface area contributed by atoms with Gasteiger partial charge in [-0.1, -0.05) is 13.3 Å². The standard InChI is InChI=1S/C11H17F2NO2/c1-2-3-4-14-7-8(6-10(12)13)5-9(14)11(15)16/h6,8-9H,2-5,7H2,1H3,(H,15,16). The maximum Gasteiger partial charge on any atom is 0.320 e. The molecular weight excluding hydrogens is 216 g/mol. The Bertz CT molecular complexity index is 277.